The lowest BCUT2D eigenvalue weighted by molar-refractivity contribution is 0.0583. The number of imidazole rings is 1. The van der Waals surface area contributed by atoms with Crippen LogP contribution in [0.15, 0.2) is 61.2 Å². The van der Waals surface area contributed by atoms with Gasteiger partial charge >= 0.3 is 0 Å². The Morgan fingerprint density at radius 3 is 2.60 bits per heavy atom. The van der Waals surface area contributed by atoms with Gasteiger partial charge in [0.15, 0.2) is 0 Å². The second kappa shape index (κ2) is 10.2. The SMILES string of the molecule is C=Cc1ccc2nc3n(c2c1)CC1CCC1C3C1CCN(c2cccc(CCc3ccc(C#N)cc3F)n2)CC1. The Kier molecular flexibility index (Phi) is 6.38. The van der Waals surface area contributed by atoms with E-state index in [2.05, 4.69) is 46.4 Å². The lowest BCUT2D eigenvalue weighted by Gasteiger charge is -2.50. The molecule has 0 radical (unpaired) electrons. The minimum absolute atomic E-state index is 0.316. The van der Waals surface area contributed by atoms with Crippen LogP contribution in [0.4, 0.5) is 10.2 Å². The number of aryl methyl sites for hydroxylation is 2. The molecule has 4 aromatic rings. The van der Waals surface area contributed by atoms with Crippen LogP contribution in [0.25, 0.3) is 17.1 Å². The third-order valence-electron chi connectivity index (χ3n) is 9.69. The van der Waals surface area contributed by atoms with E-state index < -0.39 is 0 Å². The van der Waals surface area contributed by atoms with E-state index in [4.69, 9.17) is 15.2 Å². The molecule has 1 aliphatic carbocycles. The van der Waals surface area contributed by atoms with Crippen LogP contribution in [0.3, 0.4) is 0 Å². The van der Waals surface area contributed by atoms with Crippen molar-refractivity contribution in [1.29, 1.82) is 5.26 Å². The van der Waals surface area contributed by atoms with Crippen LogP contribution in [0, 0.1) is 34.9 Å². The highest BCUT2D eigenvalue weighted by atomic mass is 19.1. The molecule has 3 atom stereocenters. The molecule has 2 aromatic carbocycles. The maximum absolute atomic E-state index is 14.4. The van der Waals surface area contributed by atoms with Gasteiger partial charge in [0.1, 0.15) is 17.5 Å². The molecule has 40 heavy (non-hydrogen) atoms. The van der Waals surface area contributed by atoms with E-state index in [1.165, 1.54) is 30.2 Å². The zero-order chi connectivity index (χ0) is 27.2. The third kappa shape index (κ3) is 4.38. The van der Waals surface area contributed by atoms with Crippen molar-refractivity contribution in [2.45, 2.75) is 51.0 Å². The number of pyridine rings is 1. The standard InChI is InChI=1S/C34H34FN5/c1-2-22-7-13-30-31(19-22)40-21-26-10-12-28(26)33(34(40)38-30)25-14-16-39(17-15-25)32-5-3-4-27(37-32)11-9-24-8-6-23(20-36)18-29(24)35/h2-8,13,18-19,25-26,28,33H,1,9-12,14-17,21H2. The minimum atomic E-state index is -0.316. The van der Waals surface area contributed by atoms with E-state index in [0.717, 1.165) is 66.9 Å². The summed E-state index contributed by atoms with van der Waals surface area (Å²) in [6.07, 6.45) is 8.13. The predicted octanol–water partition coefficient (Wildman–Crippen LogP) is 6.91. The van der Waals surface area contributed by atoms with Crippen molar-refractivity contribution in [2.75, 3.05) is 18.0 Å². The van der Waals surface area contributed by atoms with Crippen molar-refractivity contribution in [2.24, 2.45) is 17.8 Å². The molecule has 2 aromatic heterocycles. The quantitative estimate of drug-likeness (QED) is 0.271. The molecule has 1 saturated carbocycles. The zero-order valence-corrected chi connectivity index (χ0v) is 22.8. The highest BCUT2D eigenvalue weighted by Gasteiger charge is 2.47. The first-order valence-electron chi connectivity index (χ1n) is 14.6. The van der Waals surface area contributed by atoms with Gasteiger partial charge in [-0.1, -0.05) is 30.9 Å². The summed E-state index contributed by atoms with van der Waals surface area (Å²) in [5.74, 6) is 4.74. The largest absolute Gasteiger partial charge is 0.357 e. The van der Waals surface area contributed by atoms with Crippen LogP contribution in [0.2, 0.25) is 0 Å². The van der Waals surface area contributed by atoms with Crippen molar-refractivity contribution in [3.63, 3.8) is 0 Å². The predicted molar refractivity (Wildman–Crippen MR) is 156 cm³/mol. The minimum Gasteiger partial charge on any atom is -0.357 e. The number of nitrogens with zero attached hydrogens (tertiary/aromatic N) is 5. The maximum Gasteiger partial charge on any atom is 0.128 e. The molecule has 0 bridgehead atoms. The van der Waals surface area contributed by atoms with E-state index >= 15 is 0 Å². The van der Waals surface area contributed by atoms with Gasteiger partial charge in [0.05, 0.1) is 22.7 Å². The van der Waals surface area contributed by atoms with E-state index in [-0.39, 0.29) is 5.82 Å². The summed E-state index contributed by atoms with van der Waals surface area (Å²) in [7, 11) is 0. The van der Waals surface area contributed by atoms with E-state index in [1.807, 2.05) is 18.2 Å². The van der Waals surface area contributed by atoms with Gasteiger partial charge in [-0.3, -0.25) is 0 Å². The molecule has 0 amide bonds. The molecule has 7 rings (SSSR count). The van der Waals surface area contributed by atoms with Gasteiger partial charge in [-0.05, 0) is 104 Å². The first-order chi connectivity index (χ1) is 19.6. The summed E-state index contributed by atoms with van der Waals surface area (Å²) in [6.45, 7) is 7.07. The highest BCUT2D eigenvalue weighted by Crippen LogP contribution is 2.53. The number of rotatable bonds is 6. The summed E-state index contributed by atoms with van der Waals surface area (Å²) < 4.78 is 16.9. The van der Waals surface area contributed by atoms with Crippen LogP contribution in [0.1, 0.15) is 59.8 Å². The number of aromatic nitrogens is 3. The molecule has 3 unspecified atom stereocenters. The third-order valence-corrected chi connectivity index (χ3v) is 9.69. The van der Waals surface area contributed by atoms with Crippen LogP contribution in [-0.4, -0.2) is 27.6 Å². The molecule has 0 N–H and O–H groups in total. The van der Waals surface area contributed by atoms with E-state index in [9.17, 15) is 4.39 Å². The average Bonchev–Trinajstić information content (AvgIpc) is 3.34. The van der Waals surface area contributed by atoms with Gasteiger partial charge in [-0.15, -0.1) is 0 Å². The highest BCUT2D eigenvalue weighted by molar-refractivity contribution is 5.79. The van der Waals surface area contributed by atoms with Crippen molar-refractivity contribution in [1.82, 2.24) is 14.5 Å². The van der Waals surface area contributed by atoms with Crippen molar-refractivity contribution in [3.05, 3.63) is 95.2 Å². The summed E-state index contributed by atoms with van der Waals surface area (Å²) in [5, 5.41) is 8.99. The summed E-state index contributed by atoms with van der Waals surface area (Å²) in [6, 6.07) is 19.4. The number of benzene rings is 2. The molecule has 2 fully saturated rings. The van der Waals surface area contributed by atoms with Crippen molar-refractivity contribution >= 4 is 22.9 Å². The lowest BCUT2D eigenvalue weighted by atomic mass is 9.60. The van der Waals surface area contributed by atoms with Gasteiger partial charge in [-0.2, -0.15) is 5.26 Å². The van der Waals surface area contributed by atoms with Crippen LogP contribution >= 0.6 is 0 Å². The van der Waals surface area contributed by atoms with Gasteiger partial charge in [-0.25, -0.2) is 14.4 Å². The number of halogens is 1. The molecule has 3 aliphatic rings. The molecular weight excluding hydrogens is 497 g/mol. The Hall–Kier alpha value is -3.98. The van der Waals surface area contributed by atoms with Crippen LogP contribution in [0.5, 0.6) is 0 Å². The number of nitriles is 1. The second-order valence-corrected chi connectivity index (χ2v) is 11.8. The first kappa shape index (κ1) is 25.0. The molecule has 6 heteroatoms. The summed E-state index contributed by atoms with van der Waals surface area (Å²) in [5.41, 5.74) is 5.49. The Balaban J connectivity index is 1.05. The smallest absolute Gasteiger partial charge is 0.128 e. The fraction of sp³-hybridized carbons (Fsp3) is 0.382. The zero-order valence-electron chi connectivity index (χ0n) is 22.8. The molecule has 1 saturated heterocycles. The number of hydrogen-bond donors (Lipinski definition) is 0. The maximum atomic E-state index is 14.4. The monoisotopic (exact) mass is 531 g/mol. The topological polar surface area (TPSA) is 57.7 Å². The molecule has 0 spiro atoms. The van der Waals surface area contributed by atoms with E-state index in [0.29, 0.717) is 35.8 Å². The van der Waals surface area contributed by atoms with Crippen molar-refractivity contribution in [3.8, 4) is 6.07 Å². The average molecular weight is 532 g/mol. The fourth-order valence-corrected chi connectivity index (χ4v) is 7.36. The molecule has 5 nitrogen and oxygen atoms in total. The fourth-order valence-electron chi connectivity index (χ4n) is 7.36. The van der Waals surface area contributed by atoms with Gasteiger partial charge in [0.25, 0.3) is 0 Å². The Morgan fingerprint density at radius 1 is 0.975 bits per heavy atom. The first-order valence-corrected chi connectivity index (χ1v) is 14.6. The number of anilines is 1. The molecule has 4 heterocycles. The number of piperidine rings is 1. The normalized spacial score (nSPS) is 22.3. The van der Waals surface area contributed by atoms with Crippen molar-refractivity contribution < 1.29 is 4.39 Å². The number of fused-ring (bicyclic) bond motifs is 4. The van der Waals surface area contributed by atoms with Gasteiger partial charge in [0, 0.05) is 31.2 Å². The van der Waals surface area contributed by atoms with Gasteiger partial charge in [0.2, 0.25) is 0 Å². The summed E-state index contributed by atoms with van der Waals surface area (Å²) >= 11 is 0. The molecular formula is C34H34FN5. The van der Waals surface area contributed by atoms with Gasteiger partial charge < -0.3 is 9.47 Å². The second-order valence-electron chi connectivity index (χ2n) is 11.8. The Morgan fingerprint density at radius 2 is 1.85 bits per heavy atom. The van der Waals surface area contributed by atoms with E-state index in [1.54, 1.807) is 12.1 Å². The van der Waals surface area contributed by atoms with Crippen LogP contribution in [-0.2, 0) is 19.4 Å². The number of hydrogen-bond acceptors (Lipinski definition) is 4. The van der Waals surface area contributed by atoms with Crippen LogP contribution < -0.4 is 4.90 Å². The Bertz CT molecular complexity index is 1620. The Labute approximate surface area is 235 Å². The summed E-state index contributed by atoms with van der Waals surface area (Å²) in [4.78, 5) is 12.6. The molecule has 2 aliphatic heterocycles. The lowest BCUT2D eigenvalue weighted by Crippen LogP contribution is -2.45. The molecule has 202 valence electrons.